The first-order valence-corrected chi connectivity index (χ1v) is 17.1. The molecule has 4 aliphatic rings. The fraction of sp³-hybridized carbons (Fsp3) is 0.395. The molecule has 1 N–H and O–H groups in total. The quantitative estimate of drug-likeness (QED) is 0.313. The molecule has 5 heterocycles. The molecule has 10 nitrogen and oxygen atoms in total. The van der Waals surface area contributed by atoms with E-state index in [1.165, 1.54) is 5.56 Å². The minimum atomic E-state index is -0.590. The molecule has 0 saturated carbocycles. The van der Waals surface area contributed by atoms with Gasteiger partial charge in [0.05, 0.1) is 18.0 Å². The molecule has 4 aliphatic heterocycles. The first-order valence-electron chi connectivity index (χ1n) is 17.6. The van der Waals surface area contributed by atoms with Gasteiger partial charge in [-0.3, -0.25) is 29.1 Å². The summed E-state index contributed by atoms with van der Waals surface area (Å²) in [5.74, 6) is 0.380. The molecule has 3 fully saturated rings. The number of piperidine rings is 3. The number of anilines is 1. The molecule has 0 radical (unpaired) electrons. The molecule has 3 aromatic carbocycles. The smallest absolute Gasteiger partial charge is 0.265 e. The second kappa shape index (κ2) is 12.6. The van der Waals surface area contributed by atoms with Crippen molar-refractivity contribution in [3.05, 3.63) is 100 Å². The van der Waals surface area contributed by atoms with Crippen LogP contribution in [-0.2, 0) is 16.1 Å². The van der Waals surface area contributed by atoms with E-state index in [9.17, 15) is 19.2 Å². The van der Waals surface area contributed by atoms with Gasteiger partial charge in [0.25, 0.3) is 11.5 Å². The fourth-order valence-corrected chi connectivity index (χ4v) is 8.04. The molecule has 3 saturated heterocycles. The molecule has 1 aromatic heterocycles. The Morgan fingerprint density at radius 1 is 0.854 bits per heavy atom. The van der Waals surface area contributed by atoms with E-state index in [4.69, 9.17) is 1.37 Å². The number of hydrogen-bond acceptors (Lipinski definition) is 7. The van der Waals surface area contributed by atoms with Crippen LogP contribution in [0.2, 0.25) is 0 Å². The van der Waals surface area contributed by atoms with E-state index >= 15 is 0 Å². The first-order chi connectivity index (χ1) is 23.8. The Morgan fingerprint density at radius 3 is 2.40 bits per heavy atom. The number of rotatable bonds is 6. The minimum Gasteiger partial charge on any atom is -0.372 e. The van der Waals surface area contributed by atoms with E-state index in [1.807, 2.05) is 24.3 Å². The summed E-state index contributed by atoms with van der Waals surface area (Å²) in [7, 11) is 0. The summed E-state index contributed by atoms with van der Waals surface area (Å²) in [5.41, 5.74) is 5.27. The number of benzene rings is 3. The molecule has 1 atom stereocenters. The summed E-state index contributed by atoms with van der Waals surface area (Å²) in [6, 6.07) is 19.0. The van der Waals surface area contributed by atoms with Crippen molar-refractivity contribution >= 4 is 34.3 Å². The lowest BCUT2D eigenvalue weighted by Gasteiger charge is -2.38. The van der Waals surface area contributed by atoms with Crippen molar-refractivity contribution in [2.75, 3.05) is 37.6 Å². The number of para-hydroxylation sites is 1. The topological polar surface area (TPSA) is 108 Å². The Morgan fingerprint density at radius 2 is 1.62 bits per heavy atom. The Hall–Kier alpha value is -4.83. The van der Waals surface area contributed by atoms with Crippen LogP contribution in [0.4, 0.5) is 5.69 Å². The maximum Gasteiger partial charge on any atom is 0.265 e. The highest BCUT2D eigenvalue weighted by atomic mass is 16.2. The van der Waals surface area contributed by atoms with Crippen molar-refractivity contribution in [2.45, 2.75) is 57.0 Å². The lowest BCUT2D eigenvalue weighted by Crippen LogP contribution is -2.52. The van der Waals surface area contributed by atoms with Gasteiger partial charge in [-0.1, -0.05) is 24.2 Å². The number of likely N-dealkylation sites (tertiary alicyclic amines) is 1. The minimum absolute atomic E-state index is 0.129. The monoisotopic (exact) mass is 645 g/mol. The third-order valence-electron chi connectivity index (χ3n) is 10.8. The van der Waals surface area contributed by atoms with Gasteiger partial charge in [0.15, 0.2) is 0 Å². The van der Waals surface area contributed by atoms with E-state index < -0.39 is 6.04 Å². The highest BCUT2D eigenvalue weighted by molar-refractivity contribution is 6.05. The zero-order valence-electron chi connectivity index (χ0n) is 27.9. The van der Waals surface area contributed by atoms with Crippen molar-refractivity contribution < 1.29 is 15.8 Å². The Bertz CT molecular complexity index is 2000. The second-order valence-electron chi connectivity index (χ2n) is 13.7. The molecule has 0 spiro atoms. The number of carbonyl (C=O) groups is 3. The maximum absolute atomic E-state index is 13.1. The average Bonchev–Trinajstić information content (AvgIpc) is 3.44. The van der Waals surface area contributed by atoms with Crippen molar-refractivity contribution in [3.63, 3.8) is 0 Å². The van der Waals surface area contributed by atoms with Crippen LogP contribution in [-0.4, -0.2) is 75.8 Å². The molecule has 0 bridgehead atoms. The predicted octanol–water partition coefficient (Wildman–Crippen LogP) is 4.24. The van der Waals surface area contributed by atoms with Crippen LogP contribution in [0, 0.1) is 5.92 Å². The largest absolute Gasteiger partial charge is 0.372 e. The van der Waals surface area contributed by atoms with Crippen LogP contribution in [0.15, 0.2) is 77.8 Å². The van der Waals surface area contributed by atoms with Crippen molar-refractivity contribution in [1.82, 2.24) is 24.7 Å². The van der Waals surface area contributed by atoms with Gasteiger partial charge in [0.2, 0.25) is 11.8 Å². The van der Waals surface area contributed by atoms with E-state index in [2.05, 4.69) is 38.3 Å². The van der Waals surface area contributed by atoms with Gasteiger partial charge in [-0.2, -0.15) is 0 Å². The van der Waals surface area contributed by atoms with E-state index in [1.54, 1.807) is 34.0 Å². The summed E-state index contributed by atoms with van der Waals surface area (Å²) in [6.45, 7) is 5.66. The number of carbonyl (C=O) groups excluding carboxylic acids is 3. The van der Waals surface area contributed by atoms with Crippen LogP contribution < -0.4 is 15.8 Å². The van der Waals surface area contributed by atoms with Crippen LogP contribution in [0.5, 0.6) is 0 Å². The zero-order chi connectivity index (χ0) is 33.6. The van der Waals surface area contributed by atoms with Gasteiger partial charge in [0, 0.05) is 43.9 Å². The van der Waals surface area contributed by atoms with Gasteiger partial charge in [-0.25, -0.2) is 4.98 Å². The van der Waals surface area contributed by atoms with Crippen LogP contribution in [0.3, 0.4) is 0 Å². The molecule has 48 heavy (non-hydrogen) atoms. The standard InChI is InChI=1S/C38H40N6O4/c45-35-12-11-34(36(46)40-35)43-23-28-21-30(9-10-31(28)37(43)47)42-19-13-25(14-20-42)22-41-17-15-27(16-18-41)26-5-7-29(8-6-26)44-24-39-33-4-2-1-3-32(33)38(44)48/h1-10,21,24-25,27,34H,11-20,22-23H2,(H,40,45,46)/i1D. The molecule has 0 aliphatic carbocycles. The maximum atomic E-state index is 13.1. The average molecular weight is 646 g/mol. The SMILES string of the molecule is [2H]c1ccc2ncn(-c3ccc(C4CCN(CC5CCN(c6ccc7c(c6)CN(C6CCC(=O)NC6=O)C7=O)CC5)CC4)cc3)c(=O)c2c1. The highest BCUT2D eigenvalue weighted by Gasteiger charge is 2.39. The Balaban J connectivity index is 0.823. The Kier molecular flexibility index (Phi) is 7.73. The first kappa shape index (κ1) is 29.3. The number of fused-ring (bicyclic) bond motifs is 2. The number of nitrogens with one attached hydrogen (secondary N) is 1. The molecule has 3 amide bonds. The van der Waals surface area contributed by atoms with Gasteiger partial charge < -0.3 is 14.7 Å². The van der Waals surface area contributed by atoms with Crippen molar-refractivity contribution in [1.29, 1.82) is 0 Å². The van der Waals surface area contributed by atoms with E-state index in [-0.39, 0.29) is 29.7 Å². The zero-order valence-corrected chi connectivity index (χ0v) is 26.9. The van der Waals surface area contributed by atoms with Crippen LogP contribution in [0.25, 0.3) is 16.6 Å². The second-order valence-corrected chi connectivity index (χ2v) is 13.7. The van der Waals surface area contributed by atoms with Gasteiger partial charge in [0.1, 0.15) is 12.4 Å². The number of aromatic nitrogens is 2. The summed E-state index contributed by atoms with van der Waals surface area (Å²) in [4.78, 5) is 61.2. The number of imide groups is 1. The molecule has 8 rings (SSSR count). The van der Waals surface area contributed by atoms with Gasteiger partial charge in [-0.05, 0) is 111 Å². The highest BCUT2D eigenvalue weighted by Crippen LogP contribution is 2.33. The predicted molar refractivity (Wildman–Crippen MR) is 183 cm³/mol. The molecule has 4 aromatic rings. The van der Waals surface area contributed by atoms with E-state index in [0.717, 1.165) is 75.3 Å². The summed E-state index contributed by atoms with van der Waals surface area (Å²) >= 11 is 0. The van der Waals surface area contributed by atoms with Crippen LogP contribution in [0.1, 0.15) is 67.3 Å². The Labute approximate surface area is 280 Å². The van der Waals surface area contributed by atoms with Crippen molar-refractivity contribution in [3.8, 4) is 5.69 Å². The van der Waals surface area contributed by atoms with Crippen LogP contribution >= 0.6 is 0 Å². The summed E-state index contributed by atoms with van der Waals surface area (Å²) in [6.07, 6.45) is 6.70. The number of hydrogen-bond donors (Lipinski definition) is 1. The third-order valence-corrected chi connectivity index (χ3v) is 10.8. The normalized spacial score (nSPS) is 21.5. The molecular weight excluding hydrogens is 604 g/mol. The lowest BCUT2D eigenvalue weighted by atomic mass is 9.88. The third kappa shape index (κ3) is 5.78. The van der Waals surface area contributed by atoms with Gasteiger partial charge in [-0.15, -0.1) is 0 Å². The number of amides is 3. The number of nitrogens with zero attached hydrogens (tertiary/aromatic N) is 5. The lowest BCUT2D eigenvalue weighted by molar-refractivity contribution is -0.136. The molecular formula is C38H40N6O4. The van der Waals surface area contributed by atoms with Crippen molar-refractivity contribution in [2.24, 2.45) is 5.92 Å². The molecule has 246 valence electrons. The molecule has 10 heteroatoms. The summed E-state index contributed by atoms with van der Waals surface area (Å²) < 4.78 is 9.43. The summed E-state index contributed by atoms with van der Waals surface area (Å²) in [5, 5.41) is 2.83. The fourth-order valence-electron chi connectivity index (χ4n) is 8.04. The van der Waals surface area contributed by atoms with E-state index in [0.29, 0.717) is 47.3 Å². The van der Waals surface area contributed by atoms with Gasteiger partial charge >= 0.3 is 0 Å². The molecule has 1 unspecified atom stereocenters.